The zero-order chi connectivity index (χ0) is 30.1. The largest absolute Gasteiger partial charge is 0.479 e. The summed E-state index contributed by atoms with van der Waals surface area (Å²) in [5.74, 6) is 2.08. The van der Waals surface area contributed by atoms with Gasteiger partial charge in [-0.05, 0) is 38.5 Å². The number of pyridine rings is 1. The summed E-state index contributed by atoms with van der Waals surface area (Å²) < 4.78 is 31.3. The summed E-state index contributed by atoms with van der Waals surface area (Å²) in [6.07, 6.45) is 8.81. The highest BCUT2D eigenvalue weighted by Gasteiger charge is 2.28. The molecule has 5 heterocycles. The van der Waals surface area contributed by atoms with Crippen LogP contribution in [0, 0.1) is 5.92 Å². The quantitative estimate of drug-likeness (QED) is 0.250. The number of rotatable bonds is 6. The van der Waals surface area contributed by atoms with Crippen LogP contribution in [-0.2, 0) is 16.3 Å². The molecule has 1 fully saturated rings. The summed E-state index contributed by atoms with van der Waals surface area (Å²) in [5, 5.41) is 11.7. The number of hydrogen-bond donors (Lipinski definition) is 2. The molecular formula is C29H34N10O3P+. The van der Waals surface area contributed by atoms with Crippen LogP contribution < -0.4 is 30.2 Å². The number of nitrogens with one attached hydrogen (secondary N) is 2. The molecule has 6 rings (SSSR count). The van der Waals surface area contributed by atoms with Crippen molar-refractivity contribution in [2.75, 3.05) is 62.3 Å². The number of methoxy groups -OCH3 is 1. The highest BCUT2D eigenvalue weighted by molar-refractivity contribution is 7.71. The molecule has 1 saturated heterocycles. The Morgan fingerprint density at radius 2 is 1.91 bits per heavy atom. The molecule has 2 aliphatic heterocycles. The van der Waals surface area contributed by atoms with Crippen LogP contribution in [0.2, 0.25) is 0 Å². The van der Waals surface area contributed by atoms with Gasteiger partial charge in [0.2, 0.25) is 0 Å². The Hall–Kier alpha value is -4.57. The highest BCUT2D eigenvalue weighted by atomic mass is 31.2. The molecule has 14 heteroatoms. The second-order valence-corrected chi connectivity index (χ2v) is 13.9. The number of hydrogen-bond acceptors (Lipinski definition) is 11. The van der Waals surface area contributed by atoms with Gasteiger partial charge < -0.3 is 18.9 Å². The molecule has 0 radical (unpaired) electrons. The maximum Gasteiger partial charge on any atom is 0.436 e. The number of guanidine groups is 1. The van der Waals surface area contributed by atoms with E-state index in [-0.39, 0.29) is 5.92 Å². The van der Waals surface area contributed by atoms with Crippen LogP contribution in [0.5, 0.6) is 5.88 Å². The molecular weight excluding hydrogens is 567 g/mol. The summed E-state index contributed by atoms with van der Waals surface area (Å²) >= 11 is 0. The van der Waals surface area contributed by atoms with E-state index in [2.05, 4.69) is 35.6 Å². The average molecular weight is 602 g/mol. The second-order valence-electron chi connectivity index (χ2n) is 10.8. The predicted molar refractivity (Wildman–Crippen MR) is 172 cm³/mol. The van der Waals surface area contributed by atoms with Crippen molar-refractivity contribution < 1.29 is 14.0 Å². The molecule has 0 spiro atoms. The van der Waals surface area contributed by atoms with E-state index in [9.17, 15) is 4.57 Å². The smallest absolute Gasteiger partial charge is 0.436 e. The van der Waals surface area contributed by atoms with E-state index in [1.165, 1.54) is 0 Å². The van der Waals surface area contributed by atoms with Gasteiger partial charge in [0, 0.05) is 49.9 Å². The van der Waals surface area contributed by atoms with Gasteiger partial charge in [0.05, 0.1) is 55.2 Å². The molecule has 1 unspecified atom stereocenters. The minimum atomic E-state index is -2.74. The predicted octanol–water partition coefficient (Wildman–Crippen LogP) is 2.58. The topological polar surface area (TPSA) is 146 Å². The Morgan fingerprint density at radius 3 is 2.63 bits per heavy atom. The SMILES string of the molecule is COc1nc(N2CCOCC2)c(-c2cnn(C)c2)cc1NC1=[N+]=C(Nc2ccc3nccnc3c2P(C)(C)=O)C(C)C=N1. The molecule has 3 aromatic heterocycles. The van der Waals surface area contributed by atoms with Crippen molar-refractivity contribution in [3.8, 4) is 17.0 Å². The number of nitrogens with zero attached hydrogens (tertiary/aromatic N) is 8. The van der Waals surface area contributed by atoms with E-state index in [4.69, 9.17) is 19.1 Å². The number of aryl methyl sites for hydroxylation is 1. The lowest BCUT2D eigenvalue weighted by molar-refractivity contribution is 0.122. The molecule has 1 atom stereocenters. The number of ether oxygens (including phenoxy) is 2. The zero-order valence-corrected chi connectivity index (χ0v) is 25.7. The first kappa shape index (κ1) is 28.5. The first-order valence-electron chi connectivity index (χ1n) is 13.9. The monoisotopic (exact) mass is 601 g/mol. The zero-order valence-electron chi connectivity index (χ0n) is 24.8. The lowest BCUT2D eigenvalue weighted by atomic mass is 10.1. The minimum Gasteiger partial charge on any atom is -0.479 e. The third kappa shape index (κ3) is 5.87. The first-order valence-corrected chi connectivity index (χ1v) is 16.5. The third-order valence-corrected chi connectivity index (χ3v) is 8.76. The third-order valence-electron chi connectivity index (χ3n) is 7.23. The maximum atomic E-state index is 13.4. The van der Waals surface area contributed by atoms with E-state index in [1.807, 2.05) is 44.6 Å². The first-order chi connectivity index (χ1) is 20.7. The molecule has 1 aromatic carbocycles. The van der Waals surface area contributed by atoms with Crippen molar-refractivity contribution >= 4 is 58.7 Å². The number of amidine groups is 1. The van der Waals surface area contributed by atoms with Gasteiger partial charge in [0.1, 0.15) is 24.2 Å². The number of aliphatic imine (C=N–C) groups is 1. The second kappa shape index (κ2) is 11.6. The molecule has 4 aromatic rings. The van der Waals surface area contributed by atoms with Crippen LogP contribution in [0.3, 0.4) is 0 Å². The van der Waals surface area contributed by atoms with Crippen LogP contribution in [0.25, 0.3) is 22.2 Å². The summed E-state index contributed by atoms with van der Waals surface area (Å²) in [5.41, 5.74) is 4.41. The Labute approximate surface area is 249 Å². The van der Waals surface area contributed by atoms with E-state index in [0.29, 0.717) is 58.6 Å². The number of aromatic nitrogens is 5. The van der Waals surface area contributed by atoms with Crippen molar-refractivity contribution in [2.24, 2.45) is 18.0 Å². The number of benzene rings is 1. The Morgan fingerprint density at radius 1 is 1.12 bits per heavy atom. The number of anilines is 3. The van der Waals surface area contributed by atoms with E-state index in [1.54, 1.807) is 43.7 Å². The molecule has 13 nitrogen and oxygen atoms in total. The number of fused-ring (bicyclic) bond motifs is 1. The fourth-order valence-electron chi connectivity index (χ4n) is 5.15. The van der Waals surface area contributed by atoms with E-state index < -0.39 is 7.14 Å². The lowest BCUT2D eigenvalue weighted by Gasteiger charge is -2.29. The van der Waals surface area contributed by atoms with Crippen LogP contribution >= 0.6 is 7.14 Å². The molecule has 43 heavy (non-hydrogen) atoms. The van der Waals surface area contributed by atoms with Crippen molar-refractivity contribution in [2.45, 2.75) is 6.92 Å². The molecule has 2 aliphatic rings. The molecule has 0 bridgehead atoms. The van der Waals surface area contributed by atoms with Gasteiger partial charge in [-0.25, -0.2) is 9.98 Å². The van der Waals surface area contributed by atoms with E-state index >= 15 is 0 Å². The average Bonchev–Trinajstić information content (AvgIpc) is 3.44. The van der Waals surface area contributed by atoms with Gasteiger partial charge in [-0.1, -0.05) is 0 Å². The molecule has 0 saturated carbocycles. The highest BCUT2D eigenvalue weighted by Crippen LogP contribution is 2.40. The van der Waals surface area contributed by atoms with Gasteiger partial charge in [-0.2, -0.15) is 10.1 Å². The van der Waals surface area contributed by atoms with Crippen molar-refractivity contribution in [3.05, 3.63) is 43.0 Å². The molecule has 0 aliphatic carbocycles. The van der Waals surface area contributed by atoms with Crippen LogP contribution in [-0.4, -0.2) is 89.5 Å². The fourth-order valence-corrected chi connectivity index (χ4v) is 6.54. The Kier molecular flexibility index (Phi) is 7.70. The van der Waals surface area contributed by atoms with Crippen LogP contribution in [0.4, 0.5) is 17.2 Å². The van der Waals surface area contributed by atoms with Gasteiger partial charge in [0.25, 0.3) is 11.7 Å². The van der Waals surface area contributed by atoms with Crippen molar-refractivity contribution in [3.63, 3.8) is 0 Å². The van der Waals surface area contributed by atoms with E-state index in [0.717, 1.165) is 30.0 Å². The summed E-state index contributed by atoms with van der Waals surface area (Å²) in [4.78, 5) is 20.5. The standard InChI is InChI=1S/C29H33N10O3P/c1-18-15-32-29(36-26(18)34-22-7-6-21-24(31-9-8-30-21)25(22)43(4,5)40)35-23-14-20(19-16-33-38(2)17-19)27(37-28(23)41-3)39-10-12-42-13-11-39/h6-9,14-18H,10-13H2,1-5H3,(H,31,34,35,36,40)/p+1. The van der Waals surface area contributed by atoms with Gasteiger partial charge in [0.15, 0.2) is 0 Å². The van der Waals surface area contributed by atoms with Gasteiger partial charge in [-0.3, -0.25) is 20.0 Å². The summed E-state index contributed by atoms with van der Waals surface area (Å²) in [6.45, 7) is 8.15. The van der Waals surface area contributed by atoms with Crippen molar-refractivity contribution in [1.29, 1.82) is 0 Å². The molecule has 0 amide bonds. The molecule has 222 valence electrons. The van der Waals surface area contributed by atoms with Gasteiger partial charge >= 0.3 is 5.96 Å². The molecule has 2 N–H and O–H groups in total. The lowest BCUT2D eigenvalue weighted by Crippen LogP contribution is -2.37. The maximum absolute atomic E-state index is 13.4. The Bertz CT molecular complexity index is 1830. The van der Waals surface area contributed by atoms with Crippen LogP contribution in [0.1, 0.15) is 6.92 Å². The van der Waals surface area contributed by atoms with Gasteiger partial charge in [-0.15, -0.1) is 4.99 Å². The summed E-state index contributed by atoms with van der Waals surface area (Å²) in [6, 6.07) is 5.72. The minimum absolute atomic E-state index is 0.126. The number of morpholine rings is 1. The van der Waals surface area contributed by atoms with Crippen LogP contribution in [0.15, 0.2) is 48.0 Å². The normalized spacial score (nSPS) is 17.0. The summed E-state index contributed by atoms with van der Waals surface area (Å²) in [7, 11) is 0.734. The Balaban J connectivity index is 1.41. The fraction of sp³-hybridized carbons (Fsp3) is 0.345. The van der Waals surface area contributed by atoms with Crippen molar-refractivity contribution in [1.82, 2.24) is 29.4 Å².